The van der Waals surface area contributed by atoms with Crippen LogP contribution in [-0.2, 0) is 16.0 Å². The van der Waals surface area contributed by atoms with E-state index in [0.717, 1.165) is 10.5 Å². The smallest absolute Gasteiger partial charge is 0.335 e. The van der Waals surface area contributed by atoms with Crippen molar-refractivity contribution in [2.24, 2.45) is 0 Å². The molecular formula is C21H17ClN2O4. The molecule has 2 aromatic rings. The molecule has 2 aromatic carbocycles. The van der Waals surface area contributed by atoms with Crippen LogP contribution in [0.25, 0.3) is 6.08 Å². The Kier molecular flexibility index (Phi) is 5.61. The summed E-state index contributed by atoms with van der Waals surface area (Å²) in [5, 5.41) is 2.66. The number of ether oxygens (including phenoxy) is 1. The first-order chi connectivity index (χ1) is 13.4. The summed E-state index contributed by atoms with van der Waals surface area (Å²) in [6.07, 6.45) is 3.74. The zero-order chi connectivity index (χ0) is 20.3. The van der Waals surface area contributed by atoms with Gasteiger partial charge in [-0.25, -0.2) is 9.69 Å². The summed E-state index contributed by atoms with van der Waals surface area (Å²) in [7, 11) is 1.56. The summed E-state index contributed by atoms with van der Waals surface area (Å²) in [4.78, 5) is 38.3. The molecule has 0 spiro atoms. The summed E-state index contributed by atoms with van der Waals surface area (Å²) < 4.78 is 5.31. The van der Waals surface area contributed by atoms with Gasteiger partial charge in [0.15, 0.2) is 0 Å². The minimum Gasteiger partial charge on any atom is -0.496 e. The lowest BCUT2D eigenvalue weighted by molar-refractivity contribution is -0.122. The van der Waals surface area contributed by atoms with Gasteiger partial charge >= 0.3 is 6.03 Å². The quantitative estimate of drug-likeness (QED) is 0.474. The SMILES string of the molecule is C=CCc1cc(/C=C2\C(=O)NC(=O)N(c3ccc(Cl)cc3)C2=O)ccc1OC. The molecule has 7 heteroatoms. The lowest BCUT2D eigenvalue weighted by Crippen LogP contribution is -2.54. The largest absolute Gasteiger partial charge is 0.496 e. The summed E-state index contributed by atoms with van der Waals surface area (Å²) in [5.74, 6) is -0.780. The molecule has 1 heterocycles. The van der Waals surface area contributed by atoms with E-state index in [0.29, 0.717) is 28.4 Å². The number of nitrogens with zero attached hydrogens (tertiary/aromatic N) is 1. The van der Waals surface area contributed by atoms with Crippen LogP contribution in [0.2, 0.25) is 5.02 Å². The molecule has 6 nitrogen and oxygen atoms in total. The summed E-state index contributed by atoms with van der Waals surface area (Å²) >= 11 is 5.86. The van der Waals surface area contributed by atoms with E-state index in [4.69, 9.17) is 16.3 Å². The van der Waals surface area contributed by atoms with Crippen molar-refractivity contribution >= 4 is 41.2 Å². The van der Waals surface area contributed by atoms with Gasteiger partial charge in [0, 0.05) is 5.02 Å². The lowest BCUT2D eigenvalue weighted by Gasteiger charge is -2.26. The number of amides is 4. The Morgan fingerprint density at radius 1 is 1.14 bits per heavy atom. The van der Waals surface area contributed by atoms with Gasteiger partial charge < -0.3 is 4.74 Å². The molecule has 28 heavy (non-hydrogen) atoms. The molecule has 0 bridgehead atoms. The van der Waals surface area contributed by atoms with E-state index >= 15 is 0 Å². The van der Waals surface area contributed by atoms with Crippen LogP contribution in [-0.4, -0.2) is 25.0 Å². The average Bonchev–Trinajstić information content (AvgIpc) is 2.67. The molecule has 0 atom stereocenters. The second kappa shape index (κ2) is 8.10. The Balaban J connectivity index is 2.00. The highest BCUT2D eigenvalue weighted by molar-refractivity contribution is 6.39. The molecule has 1 aliphatic rings. The number of rotatable bonds is 5. The standard InChI is InChI=1S/C21H17ClN2O4/c1-3-4-14-11-13(5-10-18(14)28-2)12-17-19(25)23-21(27)24(20(17)26)16-8-6-15(22)7-9-16/h3,5-12H,1,4H2,2H3,(H,23,25,27)/b17-12+. The summed E-state index contributed by atoms with van der Waals surface area (Å²) in [5.41, 5.74) is 1.65. The third-order valence-corrected chi connectivity index (χ3v) is 4.42. The molecule has 1 saturated heterocycles. The Bertz CT molecular complexity index is 996. The van der Waals surface area contributed by atoms with Gasteiger partial charge in [-0.15, -0.1) is 6.58 Å². The number of barbiturate groups is 1. The van der Waals surface area contributed by atoms with Crippen LogP contribution in [0, 0.1) is 0 Å². The number of halogens is 1. The van der Waals surface area contributed by atoms with Crippen molar-refractivity contribution in [2.75, 3.05) is 12.0 Å². The number of methoxy groups -OCH3 is 1. The third-order valence-electron chi connectivity index (χ3n) is 4.17. The van der Waals surface area contributed by atoms with E-state index in [1.165, 1.54) is 18.2 Å². The van der Waals surface area contributed by atoms with E-state index in [-0.39, 0.29) is 5.57 Å². The van der Waals surface area contributed by atoms with Crippen molar-refractivity contribution in [3.8, 4) is 5.75 Å². The summed E-state index contributed by atoms with van der Waals surface area (Å²) in [6.45, 7) is 3.72. The Morgan fingerprint density at radius 2 is 1.86 bits per heavy atom. The van der Waals surface area contributed by atoms with Gasteiger partial charge in [0.25, 0.3) is 11.8 Å². The van der Waals surface area contributed by atoms with Crippen molar-refractivity contribution in [2.45, 2.75) is 6.42 Å². The predicted molar refractivity (Wildman–Crippen MR) is 107 cm³/mol. The molecule has 4 amide bonds. The van der Waals surface area contributed by atoms with E-state index < -0.39 is 17.8 Å². The van der Waals surface area contributed by atoms with Crippen LogP contribution in [0.3, 0.4) is 0 Å². The van der Waals surface area contributed by atoms with Crippen LogP contribution in [0.5, 0.6) is 5.75 Å². The first-order valence-electron chi connectivity index (χ1n) is 8.39. The number of imide groups is 2. The lowest BCUT2D eigenvalue weighted by atomic mass is 10.0. The van der Waals surface area contributed by atoms with Crippen LogP contribution in [0.1, 0.15) is 11.1 Å². The minimum atomic E-state index is -0.809. The number of anilines is 1. The molecule has 1 fully saturated rings. The van der Waals surface area contributed by atoms with Crippen LogP contribution >= 0.6 is 11.6 Å². The molecule has 1 N–H and O–H groups in total. The first-order valence-corrected chi connectivity index (χ1v) is 8.77. The normalized spacial score (nSPS) is 15.6. The third kappa shape index (κ3) is 3.82. The predicted octanol–water partition coefficient (Wildman–Crippen LogP) is 3.74. The molecule has 142 valence electrons. The number of hydrogen-bond donors (Lipinski definition) is 1. The van der Waals surface area contributed by atoms with Crippen molar-refractivity contribution in [3.63, 3.8) is 0 Å². The molecular weight excluding hydrogens is 380 g/mol. The topological polar surface area (TPSA) is 75.7 Å². The van der Waals surface area contributed by atoms with Gasteiger partial charge in [-0.1, -0.05) is 23.7 Å². The highest BCUT2D eigenvalue weighted by Crippen LogP contribution is 2.25. The van der Waals surface area contributed by atoms with Crippen molar-refractivity contribution in [1.82, 2.24) is 5.32 Å². The van der Waals surface area contributed by atoms with Gasteiger partial charge in [0.1, 0.15) is 11.3 Å². The molecule has 0 aromatic heterocycles. The van der Waals surface area contributed by atoms with E-state index in [1.54, 1.807) is 43.5 Å². The van der Waals surface area contributed by atoms with Gasteiger partial charge in [-0.2, -0.15) is 0 Å². The van der Waals surface area contributed by atoms with Crippen molar-refractivity contribution < 1.29 is 19.1 Å². The molecule has 0 radical (unpaired) electrons. The zero-order valence-corrected chi connectivity index (χ0v) is 15.8. The first kappa shape index (κ1) is 19.4. The number of urea groups is 1. The van der Waals surface area contributed by atoms with Gasteiger partial charge in [0.05, 0.1) is 12.8 Å². The number of carbonyl (C=O) groups is 3. The fourth-order valence-corrected chi connectivity index (χ4v) is 2.98. The molecule has 0 aliphatic carbocycles. The Hall–Kier alpha value is -3.38. The van der Waals surface area contributed by atoms with E-state index in [2.05, 4.69) is 11.9 Å². The van der Waals surface area contributed by atoms with E-state index in [9.17, 15) is 14.4 Å². The molecule has 3 rings (SSSR count). The number of allylic oxidation sites excluding steroid dienone is 1. The van der Waals surface area contributed by atoms with Gasteiger partial charge in [-0.05, 0) is 60.0 Å². The highest BCUT2D eigenvalue weighted by atomic mass is 35.5. The number of carbonyl (C=O) groups excluding carboxylic acids is 3. The van der Waals surface area contributed by atoms with Crippen LogP contribution in [0.15, 0.2) is 60.7 Å². The summed E-state index contributed by atoms with van der Waals surface area (Å²) in [6, 6.07) is 10.6. The molecule has 0 saturated carbocycles. The zero-order valence-electron chi connectivity index (χ0n) is 15.1. The highest BCUT2D eigenvalue weighted by Gasteiger charge is 2.36. The maximum atomic E-state index is 12.9. The maximum Gasteiger partial charge on any atom is 0.335 e. The van der Waals surface area contributed by atoms with Gasteiger partial charge in [0.2, 0.25) is 0 Å². The second-order valence-corrected chi connectivity index (χ2v) is 6.43. The van der Waals surface area contributed by atoms with Crippen LogP contribution in [0.4, 0.5) is 10.5 Å². The molecule has 1 aliphatic heterocycles. The fourth-order valence-electron chi connectivity index (χ4n) is 2.85. The second-order valence-electron chi connectivity index (χ2n) is 6.00. The molecule has 0 unspecified atom stereocenters. The van der Waals surface area contributed by atoms with Gasteiger partial charge in [-0.3, -0.25) is 14.9 Å². The fraction of sp³-hybridized carbons (Fsp3) is 0.0952. The number of benzene rings is 2. The Morgan fingerprint density at radius 3 is 2.50 bits per heavy atom. The number of hydrogen-bond acceptors (Lipinski definition) is 4. The van der Waals surface area contributed by atoms with Crippen LogP contribution < -0.4 is 15.0 Å². The van der Waals surface area contributed by atoms with Crippen molar-refractivity contribution in [3.05, 3.63) is 76.8 Å². The van der Waals surface area contributed by atoms with Crippen molar-refractivity contribution in [1.29, 1.82) is 0 Å². The number of nitrogens with one attached hydrogen (secondary N) is 1. The average molecular weight is 397 g/mol. The maximum absolute atomic E-state index is 12.9. The Labute approximate surface area is 167 Å². The van der Waals surface area contributed by atoms with E-state index in [1.807, 2.05) is 0 Å². The minimum absolute atomic E-state index is 0.149. The monoisotopic (exact) mass is 396 g/mol.